The number of ether oxygens (including phenoxy) is 1. The van der Waals surface area contributed by atoms with Crippen molar-refractivity contribution in [2.45, 2.75) is 12.5 Å². The second-order valence-electron chi connectivity index (χ2n) is 4.94. The lowest BCUT2D eigenvalue weighted by Gasteiger charge is -2.19. The van der Waals surface area contributed by atoms with E-state index in [1.807, 2.05) is 4.57 Å². The Kier molecular flexibility index (Phi) is 3.74. The molecule has 0 amide bonds. The molecule has 1 fully saturated rings. The highest BCUT2D eigenvalue weighted by atomic mass is 35.5. The molecule has 20 heavy (non-hydrogen) atoms. The first-order valence-electron chi connectivity index (χ1n) is 6.48. The van der Waals surface area contributed by atoms with Crippen LogP contribution in [-0.2, 0) is 4.74 Å². The van der Waals surface area contributed by atoms with Crippen molar-refractivity contribution >= 4 is 11.6 Å². The quantitative estimate of drug-likeness (QED) is 0.947. The lowest BCUT2D eigenvalue weighted by Crippen LogP contribution is -2.24. The van der Waals surface area contributed by atoms with E-state index in [4.69, 9.17) is 22.1 Å². The molecular formula is C14H15ClFN3O. The predicted molar refractivity (Wildman–Crippen MR) is 74.4 cm³/mol. The average molecular weight is 296 g/mol. The largest absolute Gasteiger partial charge is 0.381 e. The minimum atomic E-state index is -0.439. The predicted octanol–water partition coefficient (Wildman–Crippen LogP) is 2.70. The summed E-state index contributed by atoms with van der Waals surface area (Å²) >= 11 is 5.83. The molecule has 0 bridgehead atoms. The highest BCUT2D eigenvalue weighted by molar-refractivity contribution is 6.30. The fraction of sp³-hybridized carbons (Fsp3) is 0.357. The van der Waals surface area contributed by atoms with Gasteiger partial charge in [-0.05, 0) is 24.6 Å². The Morgan fingerprint density at radius 3 is 3.05 bits per heavy atom. The van der Waals surface area contributed by atoms with Crippen LogP contribution in [0.4, 0.5) is 4.39 Å². The van der Waals surface area contributed by atoms with Gasteiger partial charge < -0.3 is 15.0 Å². The van der Waals surface area contributed by atoms with E-state index in [1.54, 1.807) is 24.7 Å². The van der Waals surface area contributed by atoms with Crippen LogP contribution in [0.15, 0.2) is 30.7 Å². The van der Waals surface area contributed by atoms with Gasteiger partial charge in [0.25, 0.3) is 0 Å². The van der Waals surface area contributed by atoms with Crippen molar-refractivity contribution in [3.63, 3.8) is 0 Å². The van der Waals surface area contributed by atoms with E-state index >= 15 is 0 Å². The molecule has 0 spiro atoms. The summed E-state index contributed by atoms with van der Waals surface area (Å²) in [4.78, 5) is 4.15. The molecule has 6 heteroatoms. The number of hydrogen-bond donors (Lipinski definition) is 1. The molecule has 0 radical (unpaired) electrons. The Morgan fingerprint density at radius 1 is 1.50 bits per heavy atom. The molecule has 0 aliphatic carbocycles. The molecule has 106 valence electrons. The van der Waals surface area contributed by atoms with E-state index in [0.717, 1.165) is 24.4 Å². The number of nitrogens with zero attached hydrogens (tertiary/aromatic N) is 2. The van der Waals surface area contributed by atoms with Crippen molar-refractivity contribution in [2.75, 3.05) is 13.2 Å². The molecular weight excluding hydrogens is 281 g/mol. The molecule has 1 aliphatic rings. The standard InChI is InChI=1S/C14H15ClFN3O/c15-11-5-10(1-2-12(11)16)19-8-18-6-13(19)14(17)9-3-4-20-7-9/h1-2,5-6,8-9,14H,3-4,7,17H2. The van der Waals surface area contributed by atoms with Crippen LogP contribution in [0.3, 0.4) is 0 Å². The number of rotatable bonds is 3. The summed E-state index contributed by atoms with van der Waals surface area (Å²) in [6, 6.07) is 4.40. The smallest absolute Gasteiger partial charge is 0.141 e. The molecule has 2 N–H and O–H groups in total. The maximum absolute atomic E-state index is 13.2. The zero-order chi connectivity index (χ0) is 14.1. The van der Waals surface area contributed by atoms with Gasteiger partial charge in [0.15, 0.2) is 0 Å². The van der Waals surface area contributed by atoms with Gasteiger partial charge in [-0.25, -0.2) is 9.37 Å². The maximum Gasteiger partial charge on any atom is 0.141 e. The van der Waals surface area contributed by atoms with Crippen LogP contribution in [0, 0.1) is 11.7 Å². The molecule has 1 aromatic heterocycles. The van der Waals surface area contributed by atoms with Crippen LogP contribution >= 0.6 is 11.6 Å². The van der Waals surface area contributed by atoms with Crippen molar-refractivity contribution in [3.05, 3.63) is 47.3 Å². The van der Waals surface area contributed by atoms with Gasteiger partial charge in [0.2, 0.25) is 0 Å². The lowest BCUT2D eigenvalue weighted by atomic mass is 9.97. The first-order valence-corrected chi connectivity index (χ1v) is 6.85. The Hall–Kier alpha value is -1.43. The van der Waals surface area contributed by atoms with Crippen molar-refractivity contribution < 1.29 is 9.13 Å². The van der Waals surface area contributed by atoms with E-state index in [0.29, 0.717) is 6.61 Å². The van der Waals surface area contributed by atoms with Gasteiger partial charge in [-0.1, -0.05) is 11.6 Å². The fourth-order valence-electron chi connectivity index (χ4n) is 2.48. The van der Waals surface area contributed by atoms with Gasteiger partial charge in [-0.3, -0.25) is 0 Å². The number of aromatic nitrogens is 2. The third-order valence-corrected chi connectivity index (χ3v) is 3.95. The SMILES string of the molecule is NC(c1cncn1-c1ccc(F)c(Cl)c1)C1CCOC1. The van der Waals surface area contributed by atoms with Gasteiger partial charge in [-0.15, -0.1) is 0 Å². The van der Waals surface area contributed by atoms with Gasteiger partial charge in [0.1, 0.15) is 5.82 Å². The van der Waals surface area contributed by atoms with Crippen LogP contribution < -0.4 is 5.73 Å². The zero-order valence-corrected chi connectivity index (χ0v) is 11.6. The van der Waals surface area contributed by atoms with Crippen molar-refractivity contribution in [2.24, 2.45) is 11.7 Å². The molecule has 3 rings (SSSR count). The number of hydrogen-bond acceptors (Lipinski definition) is 3. The Bertz CT molecular complexity index is 610. The summed E-state index contributed by atoms with van der Waals surface area (Å²) in [5.41, 5.74) is 7.93. The van der Waals surface area contributed by atoms with E-state index in [2.05, 4.69) is 4.98 Å². The molecule has 1 saturated heterocycles. The summed E-state index contributed by atoms with van der Waals surface area (Å²) in [5, 5.41) is 0.0833. The van der Waals surface area contributed by atoms with Gasteiger partial charge in [-0.2, -0.15) is 0 Å². The van der Waals surface area contributed by atoms with E-state index in [9.17, 15) is 4.39 Å². The van der Waals surface area contributed by atoms with Crippen LogP contribution in [-0.4, -0.2) is 22.8 Å². The second-order valence-corrected chi connectivity index (χ2v) is 5.34. The molecule has 1 aromatic carbocycles. The Balaban J connectivity index is 1.94. The Morgan fingerprint density at radius 2 is 2.35 bits per heavy atom. The summed E-state index contributed by atoms with van der Waals surface area (Å²) < 4.78 is 20.5. The number of nitrogens with two attached hydrogens (primary N) is 1. The number of imidazole rings is 1. The van der Waals surface area contributed by atoms with E-state index in [1.165, 1.54) is 6.07 Å². The molecule has 4 nitrogen and oxygen atoms in total. The first kappa shape index (κ1) is 13.5. The second kappa shape index (κ2) is 5.52. The molecule has 2 unspecified atom stereocenters. The molecule has 2 heterocycles. The topological polar surface area (TPSA) is 53.1 Å². The molecule has 2 atom stereocenters. The normalized spacial score (nSPS) is 20.2. The lowest BCUT2D eigenvalue weighted by molar-refractivity contribution is 0.180. The highest BCUT2D eigenvalue weighted by Gasteiger charge is 2.26. The summed E-state index contributed by atoms with van der Waals surface area (Å²) in [5.74, 6) is -0.160. The fourth-order valence-corrected chi connectivity index (χ4v) is 2.65. The average Bonchev–Trinajstić information content (AvgIpc) is 3.11. The first-order chi connectivity index (χ1) is 9.66. The van der Waals surface area contributed by atoms with Crippen LogP contribution in [0.1, 0.15) is 18.2 Å². The van der Waals surface area contributed by atoms with Gasteiger partial charge >= 0.3 is 0 Å². The number of benzene rings is 1. The van der Waals surface area contributed by atoms with E-state index < -0.39 is 5.82 Å². The molecule has 0 saturated carbocycles. The van der Waals surface area contributed by atoms with Gasteiger partial charge in [0, 0.05) is 18.2 Å². The summed E-state index contributed by atoms with van der Waals surface area (Å²) in [7, 11) is 0. The molecule has 2 aromatic rings. The van der Waals surface area contributed by atoms with Crippen LogP contribution in [0.5, 0.6) is 0 Å². The van der Waals surface area contributed by atoms with Crippen molar-refractivity contribution in [1.82, 2.24) is 9.55 Å². The van der Waals surface area contributed by atoms with Gasteiger partial charge in [0.05, 0.1) is 35.9 Å². The minimum Gasteiger partial charge on any atom is -0.381 e. The van der Waals surface area contributed by atoms with Crippen LogP contribution in [0.2, 0.25) is 5.02 Å². The Labute approximate surface area is 121 Å². The summed E-state index contributed by atoms with van der Waals surface area (Å²) in [6.07, 6.45) is 4.34. The minimum absolute atomic E-state index is 0.0833. The number of halogens is 2. The third kappa shape index (κ3) is 2.44. The molecule has 1 aliphatic heterocycles. The zero-order valence-electron chi connectivity index (χ0n) is 10.8. The van der Waals surface area contributed by atoms with Crippen molar-refractivity contribution in [1.29, 1.82) is 0 Å². The summed E-state index contributed by atoms with van der Waals surface area (Å²) in [6.45, 7) is 1.41. The monoisotopic (exact) mass is 295 g/mol. The van der Waals surface area contributed by atoms with Crippen molar-refractivity contribution in [3.8, 4) is 5.69 Å². The van der Waals surface area contributed by atoms with E-state index in [-0.39, 0.29) is 17.0 Å². The third-order valence-electron chi connectivity index (χ3n) is 3.66. The highest BCUT2D eigenvalue weighted by Crippen LogP contribution is 2.28. The van der Waals surface area contributed by atoms with Crippen LogP contribution in [0.25, 0.3) is 5.69 Å². The maximum atomic E-state index is 13.2.